The molecule has 0 unspecified atom stereocenters. The average Bonchev–Trinajstić information content (AvgIpc) is 2.63. The lowest BCUT2D eigenvalue weighted by Gasteiger charge is -2.07. The predicted octanol–water partition coefficient (Wildman–Crippen LogP) is 1.22. The number of carbonyl (C=O) groups excluding carboxylic acids is 1. The summed E-state index contributed by atoms with van der Waals surface area (Å²) in [6.45, 7) is 0.420. The Kier molecular flexibility index (Phi) is 6.54. The molecule has 0 aliphatic carbocycles. The number of phenolic OH excluding ortho intramolecular Hbond substituents is 1. The van der Waals surface area contributed by atoms with Gasteiger partial charge >= 0.3 is 0 Å². The van der Waals surface area contributed by atoms with Gasteiger partial charge in [0.05, 0.1) is 10.6 Å². The van der Waals surface area contributed by atoms with Gasteiger partial charge in [0.15, 0.2) is 0 Å². The third-order valence-electron chi connectivity index (χ3n) is 3.57. The highest BCUT2D eigenvalue weighted by Gasteiger charge is 2.11. The molecule has 0 atom stereocenters. The van der Waals surface area contributed by atoms with E-state index in [1.54, 1.807) is 30.3 Å². The van der Waals surface area contributed by atoms with Crippen molar-refractivity contribution >= 4 is 21.6 Å². The molecule has 5 N–H and O–H groups in total. The zero-order valence-corrected chi connectivity index (χ0v) is 15.0. The summed E-state index contributed by atoms with van der Waals surface area (Å²) in [7, 11) is -3.72. The van der Waals surface area contributed by atoms with Crippen molar-refractivity contribution in [3.63, 3.8) is 0 Å². The van der Waals surface area contributed by atoms with Gasteiger partial charge in [0.1, 0.15) is 17.4 Å². The van der Waals surface area contributed by atoms with Gasteiger partial charge in [-0.1, -0.05) is 24.3 Å². The minimum absolute atomic E-state index is 0.0340. The second kappa shape index (κ2) is 8.84. The van der Waals surface area contributed by atoms with Gasteiger partial charge < -0.3 is 15.7 Å². The highest BCUT2D eigenvalue weighted by molar-refractivity contribution is 7.89. The van der Waals surface area contributed by atoms with Crippen molar-refractivity contribution in [1.82, 2.24) is 5.32 Å². The van der Waals surface area contributed by atoms with Gasteiger partial charge in [-0.25, -0.2) is 13.6 Å². The van der Waals surface area contributed by atoms with Crippen molar-refractivity contribution in [2.24, 2.45) is 5.14 Å². The Hall–Kier alpha value is -3.35. The molecule has 9 heteroatoms. The molecule has 0 fully saturated rings. The molecule has 140 valence electrons. The van der Waals surface area contributed by atoms with Crippen molar-refractivity contribution in [1.29, 1.82) is 5.26 Å². The van der Waals surface area contributed by atoms with Gasteiger partial charge in [0.25, 0.3) is 5.91 Å². The number of nitrogens with one attached hydrogen (secondary N) is 2. The summed E-state index contributed by atoms with van der Waals surface area (Å²) in [5.41, 5.74) is 0.918. The van der Waals surface area contributed by atoms with Crippen LogP contribution in [-0.4, -0.2) is 26.0 Å². The second-order valence-corrected chi connectivity index (χ2v) is 7.10. The fraction of sp³-hybridized carbons (Fsp3) is 0.111. The first-order valence-electron chi connectivity index (χ1n) is 7.86. The summed E-state index contributed by atoms with van der Waals surface area (Å²) in [6.07, 6.45) is 1.83. The molecule has 27 heavy (non-hydrogen) atoms. The van der Waals surface area contributed by atoms with Gasteiger partial charge in [-0.15, -0.1) is 0 Å². The van der Waals surface area contributed by atoms with E-state index in [9.17, 15) is 18.3 Å². The molecule has 0 bridgehead atoms. The molecule has 0 spiro atoms. The van der Waals surface area contributed by atoms with Crippen LogP contribution in [0.3, 0.4) is 0 Å². The number of sulfonamides is 1. The Morgan fingerprint density at radius 3 is 2.44 bits per heavy atom. The number of para-hydroxylation sites is 2. The van der Waals surface area contributed by atoms with E-state index < -0.39 is 15.9 Å². The van der Waals surface area contributed by atoms with Gasteiger partial charge in [-0.2, -0.15) is 5.26 Å². The lowest BCUT2D eigenvalue weighted by molar-refractivity contribution is -0.112. The van der Waals surface area contributed by atoms with Crippen molar-refractivity contribution < 1.29 is 18.3 Å². The zero-order chi connectivity index (χ0) is 19.9. The normalized spacial score (nSPS) is 11.5. The summed E-state index contributed by atoms with van der Waals surface area (Å²) in [5.74, 6) is -0.747. The third kappa shape index (κ3) is 5.85. The number of nitrogens with two attached hydrogens (primary N) is 1. The van der Waals surface area contributed by atoms with Crippen LogP contribution >= 0.6 is 0 Å². The molecule has 0 heterocycles. The van der Waals surface area contributed by atoms with E-state index in [1.165, 1.54) is 30.5 Å². The highest BCUT2D eigenvalue weighted by Crippen LogP contribution is 2.21. The number of benzene rings is 2. The first kappa shape index (κ1) is 20.0. The molecular weight excluding hydrogens is 368 g/mol. The van der Waals surface area contributed by atoms with Gasteiger partial charge in [0, 0.05) is 12.7 Å². The van der Waals surface area contributed by atoms with Crippen LogP contribution in [0, 0.1) is 11.3 Å². The van der Waals surface area contributed by atoms with Crippen molar-refractivity contribution in [3.8, 4) is 11.8 Å². The minimum atomic E-state index is -3.72. The smallest absolute Gasteiger partial charge is 0.267 e. The molecule has 0 aromatic heterocycles. The minimum Gasteiger partial charge on any atom is -0.506 e. The molecule has 2 aromatic carbocycles. The molecule has 8 nitrogen and oxygen atoms in total. The number of nitriles is 1. The Balaban J connectivity index is 1.91. The van der Waals surface area contributed by atoms with E-state index in [0.29, 0.717) is 13.0 Å². The lowest BCUT2D eigenvalue weighted by Crippen LogP contribution is -2.18. The quantitative estimate of drug-likeness (QED) is 0.244. The van der Waals surface area contributed by atoms with Crippen LogP contribution in [0.5, 0.6) is 5.75 Å². The van der Waals surface area contributed by atoms with Crippen LogP contribution in [0.2, 0.25) is 0 Å². The molecule has 0 aliphatic heterocycles. The SMILES string of the molecule is N#C/C(=C/NCCc1ccc(S(N)(=O)=O)cc1)C(=O)Nc1ccccc1O. The fourth-order valence-corrected chi connectivity index (χ4v) is 2.67. The van der Waals surface area contributed by atoms with Gasteiger partial charge in [0.2, 0.25) is 10.0 Å². The molecule has 0 radical (unpaired) electrons. The largest absolute Gasteiger partial charge is 0.506 e. The summed E-state index contributed by atoms with van der Waals surface area (Å²) in [5, 5.41) is 29.1. The van der Waals surface area contributed by atoms with E-state index in [-0.39, 0.29) is 21.9 Å². The number of rotatable bonds is 7. The second-order valence-electron chi connectivity index (χ2n) is 5.53. The summed E-state index contributed by atoms with van der Waals surface area (Å²) in [6, 6.07) is 14.1. The lowest BCUT2D eigenvalue weighted by atomic mass is 10.1. The maximum atomic E-state index is 12.1. The number of carbonyl (C=O) groups is 1. The number of amides is 1. The summed E-state index contributed by atoms with van der Waals surface area (Å²) >= 11 is 0. The number of phenols is 1. The maximum Gasteiger partial charge on any atom is 0.267 e. The number of anilines is 1. The fourth-order valence-electron chi connectivity index (χ4n) is 2.15. The van der Waals surface area contributed by atoms with Gasteiger partial charge in [-0.3, -0.25) is 4.79 Å². The van der Waals surface area contributed by atoms with Crippen molar-refractivity contribution in [2.75, 3.05) is 11.9 Å². The van der Waals surface area contributed by atoms with E-state index in [2.05, 4.69) is 10.6 Å². The number of hydrogen-bond donors (Lipinski definition) is 4. The highest BCUT2D eigenvalue weighted by atomic mass is 32.2. The Morgan fingerprint density at radius 1 is 1.19 bits per heavy atom. The molecule has 1 amide bonds. The van der Waals surface area contributed by atoms with E-state index in [0.717, 1.165) is 5.56 Å². The van der Waals surface area contributed by atoms with E-state index in [1.807, 2.05) is 0 Å². The molecule has 2 aromatic rings. The van der Waals surface area contributed by atoms with Crippen LogP contribution in [0.1, 0.15) is 5.56 Å². The van der Waals surface area contributed by atoms with Gasteiger partial charge in [-0.05, 0) is 36.2 Å². The summed E-state index contributed by atoms with van der Waals surface area (Å²) < 4.78 is 22.4. The molecule has 0 saturated heterocycles. The monoisotopic (exact) mass is 386 g/mol. The van der Waals surface area contributed by atoms with E-state index in [4.69, 9.17) is 10.4 Å². The summed E-state index contributed by atoms with van der Waals surface area (Å²) in [4.78, 5) is 12.1. The average molecular weight is 386 g/mol. The van der Waals surface area contributed by atoms with Crippen LogP contribution in [0.15, 0.2) is 65.2 Å². The topological polar surface area (TPSA) is 145 Å². The molecule has 0 saturated carbocycles. The van der Waals surface area contributed by atoms with Crippen LogP contribution in [-0.2, 0) is 21.2 Å². The first-order valence-corrected chi connectivity index (χ1v) is 9.40. The van der Waals surface area contributed by atoms with Crippen LogP contribution in [0.4, 0.5) is 5.69 Å². The standard InChI is InChI=1S/C18H18N4O4S/c19-11-14(18(24)22-16-3-1-2-4-17(16)23)12-21-10-9-13-5-7-15(8-6-13)27(20,25)26/h1-8,12,21,23H,9-10H2,(H,22,24)(H2,20,25,26)/b14-12-. The van der Waals surface area contributed by atoms with Crippen LogP contribution < -0.4 is 15.8 Å². The molecular formula is C18H18N4O4S. The third-order valence-corrected chi connectivity index (χ3v) is 4.50. The Morgan fingerprint density at radius 2 is 1.85 bits per heavy atom. The van der Waals surface area contributed by atoms with Crippen molar-refractivity contribution in [2.45, 2.75) is 11.3 Å². The molecule has 2 rings (SSSR count). The van der Waals surface area contributed by atoms with E-state index >= 15 is 0 Å². The number of nitrogens with zero attached hydrogens (tertiary/aromatic N) is 1. The predicted molar refractivity (Wildman–Crippen MR) is 100.0 cm³/mol. The Labute approximate surface area is 157 Å². The number of hydrogen-bond acceptors (Lipinski definition) is 6. The Bertz CT molecular complexity index is 993. The first-order chi connectivity index (χ1) is 12.8. The number of aromatic hydroxyl groups is 1. The maximum absolute atomic E-state index is 12.1. The van der Waals surface area contributed by atoms with Crippen molar-refractivity contribution in [3.05, 3.63) is 65.9 Å². The van der Waals surface area contributed by atoms with Crippen LogP contribution in [0.25, 0.3) is 0 Å². The zero-order valence-electron chi connectivity index (χ0n) is 14.2. The molecule has 0 aliphatic rings. The number of primary sulfonamides is 1.